The van der Waals surface area contributed by atoms with Crippen LogP contribution in [0.15, 0.2) is 59.5 Å². The van der Waals surface area contributed by atoms with Gasteiger partial charge in [-0.1, -0.05) is 42.5 Å². The molecule has 0 spiro atoms. The Morgan fingerprint density at radius 2 is 1.86 bits per heavy atom. The van der Waals surface area contributed by atoms with Crippen LogP contribution in [0.3, 0.4) is 0 Å². The SMILES string of the molecule is Cc1ccccc1CSCCNC(=O)C1CCCN(S(=O)(=O)c2ccccc2)C1. The third-order valence-corrected chi connectivity index (χ3v) is 8.09. The van der Waals surface area contributed by atoms with Crippen molar-refractivity contribution in [3.63, 3.8) is 0 Å². The molecule has 1 atom stereocenters. The summed E-state index contributed by atoms with van der Waals surface area (Å²) in [6, 6.07) is 16.8. The minimum Gasteiger partial charge on any atom is -0.355 e. The van der Waals surface area contributed by atoms with Gasteiger partial charge in [0.05, 0.1) is 10.8 Å². The molecule has 156 valence electrons. The molecule has 1 saturated heterocycles. The molecule has 7 heteroatoms. The normalized spacial score (nSPS) is 17.8. The average Bonchev–Trinajstić information content (AvgIpc) is 2.75. The van der Waals surface area contributed by atoms with Crippen molar-refractivity contribution in [2.24, 2.45) is 5.92 Å². The summed E-state index contributed by atoms with van der Waals surface area (Å²) in [5.41, 5.74) is 2.60. The number of sulfonamides is 1. The van der Waals surface area contributed by atoms with Gasteiger partial charge in [0.15, 0.2) is 0 Å². The lowest BCUT2D eigenvalue weighted by atomic mass is 9.99. The molecular weight excluding hydrogens is 404 g/mol. The highest BCUT2D eigenvalue weighted by Gasteiger charge is 2.33. The van der Waals surface area contributed by atoms with Crippen LogP contribution in [-0.4, -0.2) is 44.0 Å². The van der Waals surface area contributed by atoms with Gasteiger partial charge in [0.2, 0.25) is 15.9 Å². The fourth-order valence-corrected chi connectivity index (χ4v) is 5.94. The van der Waals surface area contributed by atoms with Crippen molar-refractivity contribution in [1.82, 2.24) is 9.62 Å². The Balaban J connectivity index is 1.45. The quantitative estimate of drug-likeness (QED) is 0.649. The molecular formula is C22H28N2O3S2. The summed E-state index contributed by atoms with van der Waals surface area (Å²) in [4.78, 5) is 12.8. The number of carbonyl (C=O) groups is 1. The summed E-state index contributed by atoms with van der Waals surface area (Å²) < 4.78 is 27.1. The molecule has 0 radical (unpaired) electrons. The van der Waals surface area contributed by atoms with Gasteiger partial charge in [-0.25, -0.2) is 8.42 Å². The van der Waals surface area contributed by atoms with Gasteiger partial charge in [0, 0.05) is 31.1 Å². The average molecular weight is 433 g/mol. The summed E-state index contributed by atoms with van der Waals surface area (Å²) in [5.74, 6) is 1.42. The van der Waals surface area contributed by atoms with Crippen molar-refractivity contribution in [1.29, 1.82) is 0 Å². The molecule has 2 aromatic carbocycles. The van der Waals surface area contributed by atoms with Crippen molar-refractivity contribution < 1.29 is 13.2 Å². The molecule has 0 bridgehead atoms. The number of hydrogen-bond acceptors (Lipinski definition) is 4. The maximum Gasteiger partial charge on any atom is 0.243 e. The molecule has 1 fully saturated rings. The van der Waals surface area contributed by atoms with Gasteiger partial charge >= 0.3 is 0 Å². The van der Waals surface area contributed by atoms with Crippen LogP contribution in [0.25, 0.3) is 0 Å². The molecule has 2 aromatic rings. The van der Waals surface area contributed by atoms with Crippen LogP contribution in [0.1, 0.15) is 24.0 Å². The number of amides is 1. The summed E-state index contributed by atoms with van der Waals surface area (Å²) in [5, 5.41) is 2.98. The van der Waals surface area contributed by atoms with Crippen LogP contribution in [0.2, 0.25) is 0 Å². The molecule has 1 aliphatic rings. The van der Waals surface area contributed by atoms with E-state index in [0.29, 0.717) is 19.5 Å². The van der Waals surface area contributed by atoms with Crippen LogP contribution in [0.4, 0.5) is 0 Å². The topological polar surface area (TPSA) is 66.5 Å². The number of carbonyl (C=O) groups excluding carboxylic acids is 1. The monoisotopic (exact) mass is 432 g/mol. The smallest absolute Gasteiger partial charge is 0.243 e. The zero-order chi connectivity index (χ0) is 20.7. The highest BCUT2D eigenvalue weighted by Crippen LogP contribution is 2.24. The third-order valence-electron chi connectivity index (χ3n) is 5.20. The molecule has 1 N–H and O–H groups in total. The zero-order valence-corrected chi connectivity index (χ0v) is 18.3. The van der Waals surface area contributed by atoms with E-state index in [-0.39, 0.29) is 23.3 Å². The van der Waals surface area contributed by atoms with Crippen LogP contribution in [0.5, 0.6) is 0 Å². The molecule has 1 amide bonds. The van der Waals surface area contributed by atoms with E-state index < -0.39 is 10.0 Å². The predicted octanol–water partition coefficient (Wildman–Crippen LogP) is 3.45. The fraction of sp³-hybridized carbons (Fsp3) is 0.409. The summed E-state index contributed by atoms with van der Waals surface area (Å²) >= 11 is 1.79. The lowest BCUT2D eigenvalue weighted by Crippen LogP contribution is -2.45. The Morgan fingerprint density at radius 1 is 1.14 bits per heavy atom. The van der Waals surface area contributed by atoms with E-state index in [4.69, 9.17) is 0 Å². The minimum atomic E-state index is -3.54. The van der Waals surface area contributed by atoms with Gasteiger partial charge in [-0.15, -0.1) is 0 Å². The lowest BCUT2D eigenvalue weighted by Gasteiger charge is -2.31. The Bertz CT molecular complexity index is 917. The summed E-state index contributed by atoms with van der Waals surface area (Å²) in [6.07, 6.45) is 1.43. The Morgan fingerprint density at radius 3 is 2.62 bits per heavy atom. The highest BCUT2D eigenvalue weighted by molar-refractivity contribution is 7.98. The second-order valence-electron chi connectivity index (χ2n) is 7.29. The molecule has 1 unspecified atom stereocenters. The fourth-order valence-electron chi connectivity index (χ4n) is 3.46. The number of rotatable bonds is 8. The summed E-state index contributed by atoms with van der Waals surface area (Å²) in [7, 11) is -3.54. The van der Waals surface area contributed by atoms with Crippen LogP contribution in [-0.2, 0) is 20.6 Å². The van der Waals surface area contributed by atoms with Gasteiger partial charge in [-0.2, -0.15) is 16.1 Å². The molecule has 0 aliphatic carbocycles. The van der Waals surface area contributed by atoms with Crippen LogP contribution >= 0.6 is 11.8 Å². The van der Waals surface area contributed by atoms with E-state index in [1.807, 2.05) is 12.1 Å². The zero-order valence-electron chi connectivity index (χ0n) is 16.7. The van der Waals surface area contributed by atoms with Crippen LogP contribution < -0.4 is 5.32 Å². The first kappa shape index (κ1) is 21.9. The minimum absolute atomic E-state index is 0.0468. The van der Waals surface area contributed by atoms with E-state index in [1.54, 1.807) is 42.1 Å². The van der Waals surface area contributed by atoms with E-state index in [1.165, 1.54) is 15.4 Å². The highest BCUT2D eigenvalue weighted by atomic mass is 32.2. The molecule has 1 heterocycles. The molecule has 1 aliphatic heterocycles. The molecule has 0 saturated carbocycles. The number of aryl methyl sites for hydroxylation is 1. The maximum absolute atomic E-state index is 12.8. The second-order valence-corrected chi connectivity index (χ2v) is 10.3. The Kier molecular flexibility index (Phi) is 7.75. The standard InChI is InChI=1S/C22H28N2O3S2/c1-18-8-5-6-9-20(18)17-28-15-13-23-22(25)19-10-7-14-24(16-19)29(26,27)21-11-3-2-4-12-21/h2-6,8-9,11-12,19H,7,10,13-17H2,1H3,(H,23,25). The Hall–Kier alpha value is -1.83. The first-order valence-electron chi connectivity index (χ1n) is 9.93. The first-order chi connectivity index (χ1) is 14.0. The Labute approximate surface area is 177 Å². The number of piperidine rings is 1. The number of nitrogens with zero attached hydrogens (tertiary/aromatic N) is 1. The third kappa shape index (κ3) is 5.84. The number of thioether (sulfide) groups is 1. The predicted molar refractivity (Wildman–Crippen MR) is 118 cm³/mol. The van der Waals surface area contributed by atoms with E-state index in [2.05, 4.69) is 24.4 Å². The van der Waals surface area contributed by atoms with Crippen molar-refractivity contribution in [3.05, 3.63) is 65.7 Å². The van der Waals surface area contributed by atoms with Gasteiger partial charge in [-0.3, -0.25) is 4.79 Å². The van der Waals surface area contributed by atoms with Crippen molar-refractivity contribution in [3.8, 4) is 0 Å². The largest absolute Gasteiger partial charge is 0.355 e. The number of hydrogen-bond donors (Lipinski definition) is 1. The number of nitrogens with one attached hydrogen (secondary N) is 1. The van der Waals surface area contributed by atoms with Gasteiger partial charge in [0.1, 0.15) is 0 Å². The van der Waals surface area contributed by atoms with Crippen LogP contribution in [0, 0.1) is 12.8 Å². The van der Waals surface area contributed by atoms with E-state index in [0.717, 1.165) is 17.9 Å². The second kappa shape index (κ2) is 10.3. The number of benzene rings is 2. The lowest BCUT2D eigenvalue weighted by molar-refractivity contribution is -0.125. The summed E-state index contributed by atoms with van der Waals surface area (Å²) in [6.45, 7) is 3.42. The molecule has 3 rings (SSSR count). The van der Waals surface area contributed by atoms with Gasteiger partial charge in [0.25, 0.3) is 0 Å². The van der Waals surface area contributed by atoms with Crippen molar-refractivity contribution >= 4 is 27.7 Å². The van der Waals surface area contributed by atoms with Crippen molar-refractivity contribution in [2.45, 2.75) is 30.4 Å². The first-order valence-corrected chi connectivity index (χ1v) is 12.5. The maximum atomic E-state index is 12.8. The van der Waals surface area contributed by atoms with Crippen molar-refractivity contribution in [2.75, 3.05) is 25.4 Å². The van der Waals surface area contributed by atoms with Gasteiger partial charge in [-0.05, 0) is 43.0 Å². The van der Waals surface area contributed by atoms with E-state index in [9.17, 15) is 13.2 Å². The molecule has 0 aromatic heterocycles. The van der Waals surface area contributed by atoms with Gasteiger partial charge < -0.3 is 5.32 Å². The van der Waals surface area contributed by atoms with E-state index >= 15 is 0 Å². The molecule has 5 nitrogen and oxygen atoms in total. The molecule has 29 heavy (non-hydrogen) atoms.